The molecule has 0 radical (unpaired) electrons. The topological polar surface area (TPSA) is 21.3 Å². The molecule has 0 bridgehead atoms. The number of hydrogen-bond donors (Lipinski definition) is 1. The van der Waals surface area contributed by atoms with E-state index >= 15 is 0 Å². The quantitative estimate of drug-likeness (QED) is 0.734. The van der Waals surface area contributed by atoms with Crippen LogP contribution in [0.25, 0.3) is 0 Å². The monoisotopic (exact) mass is 303 g/mol. The van der Waals surface area contributed by atoms with E-state index in [9.17, 15) is 0 Å². The second-order valence-electron chi connectivity index (χ2n) is 5.26. The van der Waals surface area contributed by atoms with Gasteiger partial charge in [-0.3, -0.25) is 0 Å². The normalized spacial score (nSPS) is 11.2. The Hall–Kier alpha value is -0.380. The van der Waals surface area contributed by atoms with E-state index in [0.717, 1.165) is 18.8 Å². The molecule has 19 heavy (non-hydrogen) atoms. The first-order valence-electron chi connectivity index (χ1n) is 6.56. The largest absolute Gasteiger partial charge is 0.492 e. The molecule has 0 aliphatic rings. The summed E-state index contributed by atoms with van der Waals surface area (Å²) < 4.78 is 5.91. The summed E-state index contributed by atoms with van der Waals surface area (Å²) in [6.45, 7) is 11.7. The predicted molar refractivity (Wildman–Crippen MR) is 88.9 cm³/mol. The zero-order valence-electron chi connectivity index (χ0n) is 12.3. The highest BCUT2D eigenvalue weighted by molar-refractivity contribution is 8.01. The summed E-state index contributed by atoms with van der Waals surface area (Å²) in [4.78, 5) is 0. The number of ether oxygens (including phenoxy) is 1. The van der Waals surface area contributed by atoms with Crippen molar-refractivity contribution in [2.24, 2.45) is 0 Å². The molecule has 110 valence electrons. The van der Waals surface area contributed by atoms with Crippen LogP contribution in [0.15, 0.2) is 30.3 Å². The van der Waals surface area contributed by atoms with Crippen LogP contribution >= 0.6 is 24.2 Å². The van der Waals surface area contributed by atoms with E-state index in [1.807, 2.05) is 42.1 Å². The highest BCUT2D eigenvalue weighted by Gasteiger charge is 2.19. The highest BCUT2D eigenvalue weighted by atomic mass is 35.5. The average molecular weight is 304 g/mol. The zero-order valence-corrected chi connectivity index (χ0v) is 13.9. The number of hydrogen-bond acceptors (Lipinski definition) is 3. The first kappa shape index (κ1) is 18.6. The van der Waals surface area contributed by atoms with Crippen LogP contribution < -0.4 is 10.1 Å². The highest BCUT2D eigenvalue weighted by Crippen LogP contribution is 2.27. The minimum Gasteiger partial charge on any atom is -0.492 e. The maximum atomic E-state index is 5.63. The lowest BCUT2D eigenvalue weighted by Gasteiger charge is -2.26. The molecule has 0 saturated heterocycles. The van der Waals surface area contributed by atoms with Crippen molar-refractivity contribution >= 4 is 24.2 Å². The smallest absolute Gasteiger partial charge is 0.119 e. The molecule has 0 saturated carbocycles. The molecule has 0 amide bonds. The van der Waals surface area contributed by atoms with Crippen molar-refractivity contribution in [3.8, 4) is 5.75 Å². The van der Waals surface area contributed by atoms with Crippen LogP contribution in [-0.2, 0) is 0 Å². The molecule has 1 rings (SSSR count). The van der Waals surface area contributed by atoms with Crippen molar-refractivity contribution < 1.29 is 4.74 Å². The van der Waals surface area contributed by atoms with E-state index in [-0.39, 0.29) is 17.2 Å². The number of rotatable bonds is 8. The van der Waals surface area contributed by atoms with Gasteiger partial charge in [-0.1, -0.05) is 32.0 Å². The van der Waals surface area contributed by atoms with E-state index in [0.29, 0.717) is 11.9 Å². The van der Waals surface area contributed by atoms with Crippen molar-refractivity contribution in [1.82, 2.24) is 5.32 Å². The molecule has 4 heteroatoms. The first-order valence-corrected chi connectivity index (χ1v) is 7.44. The molecule has 1 N–H and O–H groups in total. The van der Waals surface area contributed by atoms with Gasteiger partial charge in [0.25, 0.3) is 0 Å². The summed E-state index contributed by atoms with van der Waals surface area (Å²) in [5, 5.41) is 4.12. The van der Waals surface area contributed by atoms with Crippen molar-refractivity contribution in [2.75, 3.05) is 19.7 Å². The fraction of sp³-hybridized carbons (Fsp3) is 0.600. The molecule has 0 aromatic heterocycles. The van der Waals surface area contributed by atoms with Gasteiger partial charge in [-0.05, 0) is 31.2 Å². The lowest BCUT2D eigenvalue weighted by Crippen LogP contribution is -2.35. The minimum absolute atomic E-state index is 0. The molecular weight excluding hydrogens is 278 g/mol. The maximum absolute atomic E-state index is 5.63. The lowest BCUT2D eigenvalue weighted by atomic mass is 10.2. The van der Waals surface area contributed by atoms with E-state index < -0.39 is 0 Å². The van der Waals surface area contributed by atoms with E-state index in [2.05, 4.69) is 33.0 Å². The van der Waals surface area contributed by atoms with Crippen molar-refractivity contribution in [1.29, 1.82) is 0 Å². The van der Waals surface area contributed by atoms with Crippen LogP contribution in [-0.4, -0.2) is 29.7 Å². The molecule has 0 atom stereocenters. The second-order valence-corrected chi connectivity index (χ2v) is 7.55. The van der Waals surface area contributed by atoms with Gasteiger partial charge in [-0.25, -0.2) is 0 Å². The molecule has 0 aliphatic carbocycles. The Morgan fingerprint density at radius 3 is 2.42 bits per heavy atom. The summed E-state index contributed by atoms with van der Waals surface area (Å²) in [5.74, 6) is 0.940. The van der Waals surface area contributed by atoms with Crippen molar-refractivity contribution in [2.45, 2.75) is 37.7 Å². The van der Waals surface area contributed by atoms with Gasteiger partial charge in [-0.15, -0.1) is 12.4 Å². The fourth-order valence-electron chi connectivity index (χ4n) is 1.83. The molecule has 0 heterocycles. The summed E-state index contributed by atoms with van der Waals surface area (Å²) in [6, 6.07) is 9.95. The number of para-hydroxylation sites is 1. The molecule has 0 fully saturated rings. The summed E-state index contributed by atoms with van der Waals surface area (Å²) in [7, 11) is 0. The second kappa shape index (κ2) is 9.51. The van der Waals surface area contributed by atoms with Crippen molar-refractivity contribution in [3.05, 3.63) is 30.3 Å². The van der Waals surface area contributed by atoms with Gasteiger partial charge in [0.15, 0.2) is 0 Å². The van der Waals surface area contributed by atoms with Crippen LogP contribution in [0.5, 0.6) is 5.75 Å². The lowest BCUT2D eigenvalue weighted by molar-refractivity contribution is 0.312. The SMILES string of the molecule is CC(C)SC(C)(C)CNCCOc1ccccc1.Cl. The number of halogens is 1. The van der Waals surface area contributed by atoms with E-state index in [1.54, 1.807) is 0 Å². The van der Waals surface area contributed by atoms with E-state index in [4.69, 9.17) is 4.74 Å². The molecule has 1 aromatic rings. The van der Waals surface area contributed by atoms with Crippen LogP contribution in [0.4, 0.5) is 0 Å². The fourth-order valence-corrected chi connectivity index (χ4v) is 3.29. The Kier molecular flexibility index (Phi) is 9.32. The van der Waals surface area contributed by atoms with Gasteiger partial charge in [0.2, 0.25) is 0 Å². The summed E-state index contributed by atoms with van der Waals surface area (Å²) in [5.41, 5.74) is 0. The molecular formula is C15H26ClNOS. The molecule has 0 unspecified atom stereocenters. The standard InChI is InChI=1S/C15H25NOS.ClH/c1-13(2)18-15(3,4)12-16-10-11-17-14-8-6-5-7-9-14;/h5-9,13,16H,10-12H2,1-4H3;1H. The third-order valence-corrected chi connectivity index (χ3v) is 3.65. The zero-order chi connectivity index (χ0) is 13.4. The Balaban J connectivity index is 0.00000324. The van der Waals surface area contributed by atoms with Crippen LogP contribution in [0, 0.1) is 0 Å². The Labute approximate surface area is 128 Å². The molecule has 2 nitrogen and oxygen atoms in total. The van der Waals surface area contributed by atoms with Crippen LogP contribution in [0.3, 0.4) is 0 Å². The predicted octanol–water partition coefficient (Wildman–Crippen LogP) is 4.00. The van der Waals surface area contributed by atoms with Gasteiger partial charge in [0, 0.05) is 17.8 Å². The average Bonchev–Trinajstić information content (AvgIpc) is 2.28. The van der Waals surface area contributed by atoms with Gasteiger partial charge < -0.3 is 10.1 Å². The van der Waals surface area contributed by atoms with Gasteiger partial charge in [0.05, 0.1) is 0 Å². The van der Waals surface area contributed by atoms with Gasteiger partial charge in [0.1, 0.15) is 12.4 Å². The van der Waals surface area contributed by atoms with Crippen LogP contribution in [0.2, 0.25) is 0 Å². The minimum atomic E-state index is 0. The number of benzene rings is 1. The van der Waals surface area contributed by atoms with Crippen molar-refractivity contribution in [3.63, 3.8) is 0 Å². The summed E-state index contributed by atoms with van der Waals surface area (Å²) in [6.07, 6.45) is 0. The number of thioether (sulfide) groups is 1. The summed E-state index contributed by atoms with van der Waals surface area (Å²) >= 11 is 2.01. The van der Waals surface area contributed by atoms with Crippen LogP contribution in [0.1, 0.15) is 27.7 Å². The third kappa shape index (κ3) is 9.20. The molecule has 0 spiro atoms. The molecule has 1 aromatic carbocycles. The Morgan fingerprint density at radius 2 is 1.84 bits per heavy atom. The Morgan fingerprint density at radius 1 is 1.21 bits per heavy atom. The van der Waals surface area contributed by atoms with Gasteiger partial charge in [-0.2, -0.15) is 11.8 Å². The van der Waals surface area contributed by atoms with Gasteiger partial charge >= 0.3 is 0 Å². The van der Waals surface area contributed by atoms with E-state index in [1.165, 1.54) is 0 Å². The number of nitrogens with one attached hydrogen (secondary N) is 1. The third-order valence-electron chi connectivity index (χ3n) is 2.40. The maximum Gasteiger partial charge on any atom is 0.119 e. The molecule has 0 aliphatic heterocycles. The first-order chi connectivity index (χ1) is 8.49. The Bertz CT molecular complexity index is 330.